The van der Waals surface area contributed by atoms with Crippen molar-refractivity contribution in [3.8, 4) is 0 Å². The van der Waals surface area contributed by atoms with E-state index in [0.717, 1.165) is 16.8 Å². The van der Waals surface area contributed by atoms with Gasteiger partial charge in [-0.2, -0.15) is 0 Å². The number of methoxy groups -OCH3 is 1. The van der Waals surface area contributed by atoms with E-state index < -0.39 is 0 Å². The first-order valence-electron chi connectivity index (χ1n) is 7.73. The highest BCUT2D eigenvalue weighted by Gasteiger charge is 2.17. The Morgan fingerprint density at radius 2 is 1.83 bits per heavy atom. The normalized spacial score (nSPS) is 11.8. The van der Waals surface area contributed by atoms with Crippen LogP contribution in [0.2, 0.25) is 0 Å². The van der Waals surface area contributed by atoms with E-state index in [0.29, 0.717) is 13.2 Å². The zero-order valence-corrected chi connectivity index (χ0v) is 14.0. The first-order valence-corrected chi connectivity index (χ1v) is 7.73. The maximum Gasteiger partial charge on any atom is 0.244 e. The van der Waals surface area contributed by atoms with Gasteiger partial charge in [-0.05, 0) is 30.2 Å². The van der Waals surface area contributed by atoms with Crippen molar-refractivity contribution in [1.29, 1.82) is 0 Å². The third-order valence-electron chi connectivity index (χ3n) is 3.63. The first-order chi connectivity index (χ1) is 11.1. The SMILES string of the molecule is COCc1cccc(N[C@@H](C)C(=O)N(C)Cc2ccccc2)c1. The number of hydrogen-bond donors (Lipinski definition) is 1. The van der Waals surface area contributed by atoms with Crippen LogP contribution in [0.5, 0.6) is 0 Å². The van der Waals surface area contributed by atoms with E-state index in [1.54, 1.807) is 12.0 Å². The summed E-state index contributed by atoms with van der Waals surface area (Å²) >= 11 is 0. The maximum atomic E-state index is 12.5. The molecule has 1 N–H and O–H groups in total. The minimum Gasteiger partial charge on any atom is -0.380 e. The average Bonchev–Trinajstić information content (AvgIpc) is 2.55. The van der Waals surface area contributed by atoms with Crippen LogP contribution in [-0.4, -0.2) is 31.0 Å². The number of hydrogen-bond acceptors (Lipinski definition) is 3. The molecule has 4 heteroatoms. The summed E-state index contributed by atoms with van der Waals surface area (Å²) in [4.78, 5) is 14.2. The zero-order valence-electron chi connectivity index (χ0n) is 14.0. The molecule has 2 aromatic carbocycles. The minimum atomic E-state index is -0.290. The lowest BCUT2D eigenvalue weighted by Gasteiger charge is -2.23. The Hall–Kier alpha value is -2.33. The third-order valence-corrected chi connectivity index (χ3v) is 3.63. The Balaban J connectivity index is 1.95. The van der Waals surface area contributed by atoms with Crippen LogP contribution in [-0.2, 0) is 22.7 Å². The quantitative estimate of drug-likeness (QED) is 0.853. The number of carbonyl (C=O) groups excluding carboxylic acids is 1. The highest BCUT2D eigenvalue weighted by molar-refractivity contribution is 5.84. The summed E-state index contributed by atoms with van der Waals surface area (Å²) in [6, 6.07) is 17.6. The fourth-order valence-electron chi connectivity index (χ4n) is 2.50. The fourth-order valence-corrected chi connectivity index (χ4v) is 2.50. The van der Waals surface area contributed by atoms with E-state index in [4.69, 9.17) is 4.74 Å². The molecule has 0 radical (unpaired) electrons. The van der Waals surface area contributed by atoms with Crippen molar-refractivity contribution in [3.05, 3.63) is 65.7 Å². The van der Waals surface area contributed by atoms with Gasteiger partial charge in [-0.25, -0.2) is 0 Å². The molecule has 0 aliphatic heterocycles. The second kappa shape index (κ2) is 8.34. The molecule has 0 saturated carbocycles. The summed E-state index contributed by atoms with van der Waals surface area (Å²) in [5.41, 5.74) is 3.13. The Morgan fingerprint density at radius 1 is 1.13 bits per heavy atom. The molecule has 2 aromatic rings. The monoisotopic (exact) mass is 312 g/mol. The predicted molar refractivity (Wildman–Crippen MR) is 93.2 cm³/mol. The van der Waals surface area contributed by atoms with Gasteiger partial charge in [0.05, 0.1) is 6.61 Å². The van der Waals surface area contributed by atoms with Gasteiger partial charge in [-0.3, -0.25) is 4.79 Å². The molecule has 4 nitrogen and oxygen atoms in total. The molecule has 2 rings (SSSR count). The number of carbonyl (C=O) groups is 1. The molecule has 0 aromatic heterocycles. The number of amides is 1. The molecule has 1 atom stereocenters. The van der Waals surface area contributed by atoms with Gasteiger partial charge < -0.3 is 15.0 Å². The molecule has 0 heterocycles. The van der Waals surface area contributed by atoms with Crippen LogP contribution >= 0.6 is 0 Å². The standard InChI is InChI=1S/C19H24N2O2/c1-15(20-18-11-7-10-17(12-18)14-23-3)19(22)21(2)13-16-8-5-4-6-9-16/h4-12,15,20H,13-14H2,1-3H3/t15-/m0/s1. The molecule has 0 unspecified atom stereocenters. The molecule has 0 aliphatic rings. The van der Waals surface area contributed by atoms with Crippen molar-refractivity contribution in [2.75, 3.05) is 19.5 Å². The number of nitrogens with one attached hydrogen (secondary N) is 1. The zero-order chi connectivity index (χ0) is 16.7. The van der Waals surface area contributed by atoms with Crippen molar-refractivity contribution < 1.29 is 9.53 Å². The lowest BCUT2D eigenvalue weighted by atomic mass is 10.1. The molecule has 23 heavy (non-hydrogen) atoms. The topological polar surface area (TPSA) is 41.6 Å². The molecule has 0 bridgehead atoms. The van der Waals surface area contributed by atoms with Crippen molar-refractivity contribution in [2.24, 2.45) is 0 Å². The van der Waals surface area contributed by atoms with Crippen molar-refractivity contribution in [1.82, 2.24) is 4.90 Å². The summed E-state index contributed by atoms with van der Waals surface area (Å²) in [5.74, 6) is 0.0611. The highest BCUT2D eigenvalue weighted by Crippen LogP contribution is 2.14. The van der Waals surface area contributed by atoms with Crippen LogP contribution in [0.4, 0.5) is 5.69 Å². The first kappa shape index (κ1) is 17.0. The summed E-state index contributed by atoms with van der Waals surface area (Å²) < 4.78 is 5.14. The van der Waals surface area contributed by atoms with Crippen LogP contribution in [0.15, 0.2) is 54.6 Å². The minimum absolute atomic E-state index is 0.0611. The number of ether oxygens (including phenoxy) is 1. The van der Waals surface area contributed by atoms with Crippen LogP contribution < -0.4 is 5.32 Å². The lowest BCUT2D eigenvalue weighted by Crippen LogP contribution is -2.38. The summed E-state index contributed by atoms with van der Waals surface area (Å²) in [6.45, 7) is 3.05. The summed E-state index contributed by atoms with van der Waals surface area (Å²) in [6.07, 6.45) is 0. The molecule has 0 fully saturated rings. The molecule has 0 spiro atoms. The number of anilines is 1. The van der Waals surface area contributed by atoms with E-state index in [-0.39, 0.29) is 11.9 Å². The van der Waals surface area contributed by atoms with Crippen LogP contribution in [0.1, 0.15) is 18.1 Å². The van der Waals surface area contributed by atoms with E-state index in [9.17, 15) is 4.79 Å². The maximum absolute atomic E-state index is 12.5. The van der Waals surface area contributed by atoms with Gasteiger partial charge in [0.2, 0.25) is 5.91 Å². The number of benzene rings is 2. The van der Waals surface area contributed by atoms with E-state index in [2.05, 4.69) is 5.32 Å². The molecule has 122 valence electrons. The fraction of sp³-hybridized carbons (Fsp3) is 0.316. The van der Waals surface area contributed by atoms with Crippen molar-refractivity contribution in [3.63, 3.8) is 0 Å². The van der Waals surface area contributed by atoms with Gasteiger partial charge in [0.15, 0.2) is 0 Å². The van der Waals surface area contributed by atoms with Gasteiger partial charge in [0.1, 0.15) is 6.04 Å². The highest BCUT2D eigenvalue weighted by atomic mass is 16.5. The smallest absolute Gasteiger partial charge is 0.244 e. The molecular formula is C19H24N2O2. The number of rotatable bonds is 7. The van der Waals surface area contributed by atoms with Crippen LogP contribution in [0, 0.1) is 0 Å². The molecule has 1 amide bonds. The van der Waals surface area contributed by atoms with Crippen LogP contribution in [0.3, 0.4) is 0 Å². The summed E-state index contributed by atoms with van der Waals surface area (Å²) in [7, 11) is 3.50. The average molecular weight is 312 g/mol. The third kappa shape index (κ3) is 5.11. The van der Waals surface area contributed by atoms with Crippen molar-refractivity contribution >= 4 is 11.6 Å². The Morgan fingerprint density at radius 3 is 2.52 bits per heavy atom. The van der Waals surface area contributed by atoms with Crippen LogP contribution in [0.25, 0.3) is 0 Å². The van der Waals surface area contributed by atoms with E-state index in [1.165, 1.54) is 0 Å². The van der Waals surface area contributed by atoms with Crippen molar-refractivity contribution in [2.45, 2.75) is 26.1 Å². The van der Waals surface area contributed by atoms with Gasteiger partial charge >= 0.3 is 0 Å². The van der Waals surface area contributed by atoms with Gasteiger partial charge in [0.25, 0.3) is 0 Å². The Kier molecular flexibility index (Phi) is 6.18. The second-order valence-electron chi connectivity index (χ2n) is 5.68. The van der Waals surface area contributed by atoms with E-state index >= 15 is 0 Å². The number of likely N-dealkylation sites (N-methyl/N-ethyl adjacent to an activating group) is 1. The second-order valence-corrected chi connectivity index (χ2v) is 5.68. The van der Waals surface area contributed by atoms with Gasteiger partial charge in [0, 0.05) is 26.4 Å². The predicted octanol–water partition coefficient (Wildman–Crippen LogP) is 3.29. The molecule has 0 aliphatic carbocycles. The molecule has 0 saturated heterocycles. The van der Waals surface area contributed by atoms with Gasteiger partial charge in [-0.1, -0.05) is 42.5 Å². The van der Waals surface area contributed by atoms with Gasteiger partial charge in [-0.15, -0.1) is 0 Å². The largest absolute Gasteiger partial charge is 0.380 e. The van der Waals surface area contributed by atoms with E-state index in [1.807, 2.05) is 68.6 Å². The Bertz CT molecular complexity index is 628. The Labute approximate surface area is 138 Å². The molecular weight excluding hydrogens is 288 g/mol. The number of nitrogens with zero attached hydrogens (tertiary/aromatic N) is 1. The lowest BCUT2D eigenvalue weighted by molar-refractivity contribution is -0.130. The summed E-state index contributed by atoms with van der Waals surface area (Å²) in [5, 5.41) is 3.26.